The molecule has 0 aromatic carbocycles. The molecule has 72 valence electrons. The molecule has 2 N–H and O–H groups in total. The van der Waals surface area contributed by atoms with E-state index in [0.29, 0.717) is 0 Å². The minimum absolute atomic E-state index is 0.151. The second-order valence-corrected chi connectivity index (χ2v) is 3.20. The fourth-order valence-electron chi connectivity index (χ4n) is 1.46. The van der Waals surface area contributed by atoms with Crippen molar-refractivity contribution < 1.29 is 4.42 Å². The highest BCUT2D eigenvalue weighted by molar-refractivity contribution is 5.30. The SMILES string of the molecule is Cc1occc1C(N)c1cccnc1. The van der Waals surface area contributed by atoms with Crippen LogP contribution in [0.15, 0.2) is 41.3 Å². The maximum absolute atomic E-state index is 6.06. The molecule has 0 spiro atoms. The van der Waals surface area contributed by atoms with Crippen molar-refractivity contribution in [1.29, 1.82) is 0 Å². The zero-order valence-corrected chi connectivity index (χ0v) is 7.97. The molecule has 0 aliphatic carbocycles. The van der Waals surface area contributed by atoms with Gasteiger partial charge in [-0.25, -0.2) is 0 Å². The van der Waals surface area contributed by atoms with Gasteiger partial charge in [-0.2, -0.15) is 0 Å². The molecule has 0 amide bonds. The van der Waals surface area contributed by atoms with Crippen molar-refractivity contribution in [3.05, 3.63) is 53.7 Å². The Morgan fingerprint density at radius 3 is 2.86 bits per heavy atom. The van der Waals surface area contributed by atoms with E-state index >= 15 is 0 Å². The second-order valence-electron chi connectivity index (χ2n) is 3.20. The lowest BCUT2D eigenvalue weighted by atomic mass is 10.0. The molecule has 3 nitrogen and oxygen atoms in total. The van der Waals surface area contributed by atoms with E-state index in [1.54, 1.807) is 18.7 Å². The molecule has 0 bridgehead atoms. The van der Waals surface area contributed by atoms with E-state index in [1.807, 2.05) is 25.1 Å². The lowest BCUT2D eigenvalue weighted by Crippen LogP contribution is -2.12. The molecule has 0 saturated heterocycles. The van der Waals surface area contributed by atoms with Gasteiger partial charge in [0.2, 0.25) is 0 Å². The molecule has 2 heterocycles. The van der Waals surface area contributed by atoms with Gasteiger partial charge in [0.1, 0.15) is 5.76 Å². The predicted octanol–water partition coefficient (Wildman–Crippen LogP) is 2.03. The fraction of sp³-hybridized carbons (Fsp3) is 0.182. The van der Waals surface area contributed by atoms with Crippen LogP contribution in [-0.4, -0.2) is 4.98 Å². The molecule has 0 saturated carbocycles. The highest BCUT2D eigenvalue weighted by Crippen LogP contribution is 2.22. The molecular formula is C11H12N2O. The van der Waals surface area contributed by atoms with Gasteiger partial charge in [-0.15, -0.1) is 0 Å². The number of furan rings is 1. The largest absolute Gasteiger partial charge is 0.469 e. The van der Waals surface area contributed by atoms with Crippen LogP contribution in [0.1, 0.15) is 22.9 Å². The van der Waals surface area contributed by atoms with Crippen LogP contribution in [0.5, 0.6) is 0 Å². The van der Waals surface area contributed by atoms with Gasteiger partial charge in [-0.1, -0.05) is 6.07 Å². The molecule has 0 radical (unpaired) electrons. The van der Waals surface area contributed by atoms with E-state index in [-0.39, 0.29) is 6.04 Å². The van der Waals surface area contributed by atoms with Crippen LogP contribution >= 0.6 is 0 Å². The molecule has 0 fully saturated rings. The number of aryl methyl sites for hydroxylation is 1. The van der Waals surface area contributed by atoms with Crippen LogP contribution < -0.4 is 5.73 Å². The third-order valence-corrected chi connectivity index (χ3v) is 2.28. The Morgan fingerprint density at radius 2 is 2.29 bits per heavy atom. The van der Waals surface area contributed by atoms with Crippen LogP contribution in [0.3, 0.4) is 0 Å². The molecule has 2 rings (SSSR count). The summed E-state index contributed by atoms with van der Waals surface area (Å²) >= 11 is 0. The van der Waals surface area contributed by atoms with Crippen molar-refractivity contribution in [3.8, 4) is 0 Å². The molecule has 3 heteroatoms. The van der Waals surface area contributed by atoms with Crippen molar-refractivity contribution >= 4 is 0 Å². The topological polar surface area (TPSA) is 52.0 Å². The summed E-state index contributed by atoms with van der Waals surface area (Å²) in [6.07, 6.45) is 5.16. The predicted molar refractivity (Wildman–Crippen MR) is 53.7 cm³/mol. The number of aromatic nitrogens is 1. The standard InChI is InChI=1S/C11H12N2O/c1-8-10(4-6-14-8)11(12)9-3-2-5-13-7-9/h2-7,11H,12H2,1H3. The Labute approximate surface area is 82.6 Å². The van der Waals surface area contributed by atoms with E-state index in [2.05, 4.69) is 4.98 Å². The maximum atomic E-state index is 6.06. The first kappa shape index (κ1) is 8.97. The third-order valence-electron chi connectivity index (χ3n) is 2.28. The summed E-state index contributed by atoms with van der Waals surface area (Å²) in [7, 11) is 0. The maximum Gasteiger partial charge on any atom is 0.105 e. The Bertz CT molecular complexity index is 408. The lowest BCUT2D eigenvalue weighted by molar-refractivity contribution is 0.527. The average molecular weight is 188 g/mol. The summed E-state index contributed by atoms with van der Waals surface area (Å²) in [5.41, 5.74) is 8.07. The summed E-state index contributed by atoms with van der Waals surface area (Å²) in [6.45, 7) is 1.91. The van der Waals surface area contributed by atoms with Gasteiger partial charge in [0.05, 0.1) is 12.3 Å². The van der Waals surface area contributed by atoms with Crippen LogP contribution in [0, 0.1) is 6.92 Å². The zero-order valence-electron chi connectivity index (χ0n) is 7.97. The summed E-state index contributed by atoms with van der Waals surface area (Å²) in [5, 5.41) is 0. The molecule has 0 aliphatic heterocycles. The molecule has 1 unspecified atom stereocenters. The Kier molecular flexibility index (Phi) is 2.33. The van der Waals surface area contributed by atoms with E-state index in [1.165, 1.54) is 0 Å². The first-order valence-corrected chi connectivity index (χ1v) is 4.48. The minimum Gasteiger partial charge on any atom is -0.469 e. The molecule has 1 atom stereocenters. The number of hydrogen-bond acceptors (Lipinski definition) is 3. The van der Waals surface area contributed by atoms with Crippen molar-refractivity contribution in [2.75, 3.05) is 0 Å². The minimum atomic E-state index is -0.151. The number of nitrogens with two attached hydrogens (primary N) is 1. The number of hydrogen-bond donors (Lipinski definition) is 1. The highest BCUT2D eigenvalue weighted by Gasteiger charge is 2.12. The van der Waals surface area contributed by atoms with Crippen LogP contribution in [0.25, 0.3) is 0 Å². The number of pyridine rings is 1. The van der Waals surface area contributed by atoms with Gasteiger partial charge < -0.3 is 10.2 Å². The second kappa shape index (κ2) is 3.64. The van der Waals surface area contributed by atoms with E-state index in [4.69, 9.17) is 10.2 Å². The first-order chi connectivity index (χ1) is 6.79. The van der Waals surface area contributed by atoms with Crippen molar-refractivity contribution in [2.45, 2.75) is 13.0 Å². The fourth-order valence-corrected chi connectivity index (χ4v) is 1.46. The van der Waals surface area contributed by atoms with Gasteiger partial charge in [0, 0.05) is 18.0 Å². The molecular weight excluding hydrogens is 176 g/mol. The molecule has 14 heavy (non-hydrogen) atoms. The monoisotopic (exact) mass is 188 g/mol. The summed E-state index contributed by atoms with van der Waals surface area (Å²) < 4.78 is 5.21. The normalized spacial score (nSPS) is 12.7. The first-order valence-electron chi connectivity index (χ1n) is 4.48. The Balaban J connectivity index is 2.34. The number of rotatable bonds is 2. The van der Waals surface area contributed by atoms with E-state index in [0.717, 1.165) is 16.9 Å². The van der Waals surface area contributed by atoms with Crippen LogP contribution in [-0.2, 0) is 0 Å². The van der Waals surface area contributed by atoms with Gasteiger partial charge in [0.15, 0.2) is 0 Å². The van der Waals surface area contributed by atoms with Gasteiger partial charge in [-0.3, -0.25) is 4.98 Å². The van der Waals surface area contributed by atoms with Crippen molar-refractivity contribution in [3.63, 3.8) is 0 Å². The molecule has 2 aromatic heterocycles. The summed E-state index contributed by atoms with van der Waals surface area (Å²) in [5.74, 6) is 0.862. The van der Waals surface area contributed by atoms with E-state index in [9.17, 15) is 0 Å². The van der Waals surface area contributed by atoms with Crippen LogP contribution in [0.2, 0.25) is 0 Å². The van der Waals surface area contributed by atoms with Crippen LogP contribution in [0.4, 0.5) is 0 Å². The van der Waals surface area contributed by atoms with Gasteiger partial charge in [0.25, 0.3) is 0 Å². The summed E-state index contributed by atoms with van der Waals surface area (Å²) in [6, 6.07) is 5.59. The lowest BCUT2D eigenvalue weighted by Gasteiger charge is -2.09. The highest BCUT2D eigenvalue weighted by atomic mass is 16.3. The van der Waals surface area contributed by atoms with Gasteiger partial charge >= 0.3 is 0 Å². The zero-order chi connectivity index (χ0) is 9.97. The third kappa shape index (κ3) is 1.54. The van der Waals surface area contributed by atoms with E-state index < -0.39 is 0 Å². The van der Waals surface area contributed by atoms with Crippen molar-refractivity contribution in [1.82, 2.24) is 4.98 Å². The number of nitrogens with zero attached hydrogens (tertiary/aromatic N) is 1. The molecule has 2 aromatic rings. The van der Waals surface area contributed by atoms with Crippen molar-refractivity contribution in [2.24, 2.45) is 5.73 Å². The van der Waals surface area contributed by atoms with Gasteiger partial charge in [-0.05, 0) is 24.6 Å². The summed E-state index contributed by atoms with van der Waals surface area (Å²) in [4.78, 5) is 4.03. The average Bonchev–Trinajstić information content (AvgIpc) is 2.65. The molecule has 0 aliphatic rings. The quantitative estimate of drug-likeness (QED) is 0.784. The Hall–Kier alpha value is -1.61. The Morgan fingerprint density at radius 1 is 1.43 bits per heavy atom. The smallest absolute Gasteiger partial charge is 0.105 e.